The molecule has 1 aliphatic carbocycles. The number of benzene rings is 1. The Bertz CT molecular complexity index is 822. The van der Waals surface area contributed by atoms with Crippen molar-refractivity contribution in [3.05, 3.63) is 48.8 Å². The van der Waals surface area contributed by atoms with Gasteiger partial charge in [-0.25, -0.2) is 9.97 Å². The van der Waals surface area contributed by atoms with Gasteiger partial charge in [0.2, 0.25) is 0 Å². The molecule has 4 rings (SSSR count). The molecule has 2 aromatic heterocycles. The van der Waals surface area contributed by atoms with Gasteiger partial charge in [-0.05, 0) is 43.5 Å². The second-order valence-corrected chi connectivity index (χ2v) is 5.90. The first kappa shape index (κ1) is 14.1. The number of rotatable bonds is 3. The molecule has 0 saturated heterocycles. The van der Waals surface area contributed by atoms with Crippen molar-refractivity contribution < 1.29 is 5.11 Å². The molecule has 116 valence electrons. The van der Waals surface area contributed by atoms with E-state index in [-0.39, 0.29) is 12.1 Å². The Kier molecular flexibility index (Phi) is 3.63. The van der Waals surface area contributed by atoms with Crippen LogP contribution in [-0.4, -0.2) is 32.2 Å². The summed E-state index contributed by atoms with van der Waals surface area (Å²) in [6.45, 7) is 0. The smallest absolute Gasteiger partial charge is 0.163 e. The maximum Gasteiger partial charge on any atom is 0.163 e. The Balaban J connectivity index is 1.81. The lowest BCUT2D eigenvalue weighted by Gasteiger charge is -2.18. The first-order valence-corrected chi connectivity index (χ1v) is 7.93. The molecule has 1 fully saturated rings. The molecule has 0 bridgehead atoms. The Hall–Kier alpha value is -2.53. The van der Waals surface area contributed by atoms with Gasteiger partial charge in [0.1, 0.15) is 5.82 Å². The summed E-state index contributed by atoms with van der Waals surface area (Å²) in [5.41, 5.74) is 1.77. The molecule has 0 spiro atoms. The molecule has 0 unspecified atom stereocenters. The van der Waals surface area contributed by atoms with Gasteiger partial charge in [0.25, 0.3) is 0 Å². The topological polar surface area (TPSA) is 70.9 Å². The summed E-state index contributed by atoms with van der Waals surface area (Å²) in [6, 6.07) is 11.8. The van der Waals surface area contributed by atoms with Gasteiger partial charge in [-0.2, -0.15) is 0 Å². The van der Waals surface area contributed by atoms with Gasteiger partial charge in [-0.1, -0.05) is 12.1 Å². The van der Waals surface area contributed by atoms with Crippen molar-refractivity contribution in [3.63, 3.8) is 0 Å². The zero-order valence-corrected chi connectivity index (χ0v) is 12.7. The Labute approximate surface area is 134 Å². The summed E-state index contributed by atoms with van der Waals surface area (Å²) in [7, 11) is 0. The highest BCUT2D eigenvalue weighted by Gasteiger charge is 2.26. The number of anilines is 1. The lowest BCUT2D eigenvalue weighted by molar-refractivity contribution is 0.171. The summed E-state index contributed by atoms with van der Waals surface area (Å²) in [6.07, 6.45) is 6.03. The van der Waals surface area contributed by atoms with E-state index in [0.29, 0.717) is 5.82 Å². The first-order valence-electron chi connectivity index (χ1n) is 7.93. The Morgan fingerprint density at radius 1 is 1.04 bits per heavy atom. The zero-order valence-electron chi connectivity index (χ0n) is 12.7. The SMILES string of the molecule is O[C@@H]1CCC[C@H]1Nc1nc(-c2cccnc2)nc2ccccc12. The van der Waals surface area contributed by atoms with Crippen LogP contribution in [0.1, 0.15) is 19.3 Å². The molecule has 0 amide bonds. The third-order valence-electron chi connectivity index (χ3n) is 4.32. The molecule has 3 aromatic rings. The Morgan fingerprint density at radius 3 is 2.74 bits per heavy atom. The van der Waals surface area contributed by atoms with Crippen LogP contribution in [0.15, 0.2) is 48.8 Å². The van der Waals surface area contributed by atoms with Crippen LogP contribution in [-0.2, 0) is 0 Å². The number of nitrogens with zero attached hydrogens (tertiary/aromatic N) is 3. The van der Waals surface area contributed by atoms with Crippen LogP contribution >= 0.6 is 0 Å². The van der Waals surface area contributed by atoms with Gasteiger partial charge in [0.05, 0.1) is 17.7 Å². The number of hydrogen-bond donors (Lipinski definition) is 2. The van der Waals surface area contributed by atoms with E-state index in [2.05, 4.69) is 15.3 Å². The van der Waals surface area contributed by atoms with Crippen molar-refractivity contribution >= 4 is 16.7 Å². The minimum absolute atomic E-state index is 0.0510. The van der Waals surface area contributed by atoms with Crippen molar-refractivity contribution in [3.8, 4) is 11.4 Å². The van der Waals surface area contributed by atoms with E-state index in [1.807, 2.05) is 36.4 Å². The molecule has 2 heterocycles. The fourth-order valence-corrected chi connectivity index (χ4v) is 3.10. The molecule has 5 heteroatoms. The van der Waals surface area contributed by atoms with E-state index in [1.165, 1.54) is 0 Å². The number of para-hydroxylation sites is 1. The van der Waals surface area contributed by atoms with E-state index >= 15 is 0 Å². The highest BCUT2D eigenvalue weighted by molar-refractivity contribution is 5.90. The maximum atomic E-state index is 10.1. The van der Waals surface area contributed by atoms with Crippen LogP contribution in [0.25, 0.3) is 22.3 Å². The number of fused-ring (bicyclic) bond motifs is 1. The lowest BCUT2D eigenvalue weighted by Crippen LogP contribution is -2.28. The van der Waals surface area contributed by atoms with Gasteiger partial charge < -0.3 is 10.4 Å². The summed E-state index contributed by atoms with van der Waals surface area (Å²) in [5, 5.41) is 14.5. The maximum absolute atomic E-state index is 10.1. The van der Waals surface area contributed by atoms with Crippen molar-refractivity contribution in [2.24, 2.45) is 0 Å². The largest absolute Gasteiger partial charge is 0.391 e. The van der Waals surface area contributed by atoms with Crippen LogP contribution in [0.4, 0.5) is 5.82 Å². The minimum Gasteiger partial charge on any atom is -0.391 e. The zero-order chi connectivity index (χ0) is 15.6. The average Bonchev–Trinajstić information content (AvgIpc) is 3.00. The van der Waals surface area contributed by atoms with Crippen LogP contribution in [0, 0.1) is 0 Å². The number of nitrogens with one attached hydrogen (secondary N) is 1. The van der Waals surface area contributed by atoms with E-state index in [0.717, 1.165) is 41.5 Å². The van der Waals surface area contributed by atoms with Crippen molar-refractivity contribution in [1.29, 1.82) is 0 Å². The number of aromatic nitrogens is 3. The van der Waals surface area contributed by atoms with E-state index in [1.54, 1.807) is 12.4 Å². The molecule has 2 N–H and O–H groups in total. The van der Waals surface area contributed by atoms with Crippen molar-refractivity contribution in [2.75, 3.05) is 5.32 Å². The molecule has 1 saturated carbocycles. The second kappa shape index (κ2) is 5.93. The van der Waals surface area contributed by atoms with Gasteiger partial charge in [-0.3, -0.25) is 4.98 Å². The Morgan fingerprint density at radius 2 is 1.96 bits per heavy atom. The van der Waals surface area contributed by atoms with E-state index < -0.39 is 0 Å². The number of hydrogen-bond acceptors (Lipinski definition) is 5. The molecule has 1 aromatic carbocycles. The third-order valence-corrected chi connectivity index (χ3v) is 4.32. The third kappa shape index (κ3) is 2.75. The highest BCUT2D eigenvalue weighted by atomic mass is 16.3. The second-order valence-electron chi connectivity index (χ2n) is 5.90. The van der Waals surface area contributed by atoms with Crippen LogP contribution in [0.5, 0.6) is 0 Å². The van der Waals surface area contributed by atoms with E-state index in [9.17, 15) is 5.11 Å². The normalized spacial score (nSPS) is 20.7. The molecule has 23 heavy (non-hydrogen) atoms. The highest BCUT2D eigenvalue weighted by Crippen LogP contribution is 2.28. The molecule has 2 atom stereocenters. The molecule has 1 aliphatic rings. The van der Waals surface area contributed by atoms with Gasteiger partial charge in [0, 0.05) is 23.3 Å². The number of pyridine rings is 1. The fraction of sp³-hybridized carbons (Fsp3) is 0.278. The molecule has 0 aliphatic heterocycles. The molecular weight excluding hydrogens is 288 g/mol. The summed E-state index contributed by atoms with van der Waals surface area (Å²) in [5.74, 6) is 1.42. The van der Waals surface area contributed by atoms with Gasteiger partial charge in [-0.15, -0.1) is 0 Å². The predicted octanol–water partition coefficient (Wildman–Crippen LogP) is 3.02. The fourth-order valence-electron chi connectivity index (χ4n) is 3.10. The summed E-state index contributed by atoms with van der Waals surface area (Å²) < 4.78 is 0. The van der Waals surface area contributed by atoms with Crippen molar-refractivity contribution in [1.82, 2.24) is 15.0 Å². The van der Waals surface area contributed by atoms with Crippen LogP contribution in [0.2, 0.25) is 0 Å². The quantitative estimate of drug-likeness (QED) is 0.778. The van der Waals surface area contributed by atoms with E-state index in [4.69, 9.17) is 4.98 Å². The molecule has 0 radical (unpaired) electrons. The number of aliphatic hydroxyl groups excluding tert-OH is 1. The molecule has 5 nitrogen and oxygen atoms in total. The average molecular weight is 306 g/mol. The molecular formula is C18H18N4O. The predicted molar refractivity (Wildman–Crippen MR) is 90.0 cm³/mol. The van der Waals surface area contributed by atoms with Crippen LogP contribution < -0.4 is 5.32 Å². The van der Waals surface area contributed by atoms with Gasteiger partial charge >= 0.3 is 0 Å². The summed E-state index contributed by atoms with van der Waals surface area (Å²) >= 11 is 0. The monoisotopic (exact) mass is 306 g/mol. The van der Waals surface area contributed by atoms with Crippen molar-refractivity contribution in [2.45, 2.75) is 31.4 Å². The first-order chi connectivity index (χ1) is 11.3. The lowest BCUT2D eigenvalue weighted by atomic mass is 10.1. The van der Waals surface area contributed by atoms with Crippen LogP contribution in [0.3, 0.4) is 0 Å². The minimum atomic E-state index is -0.314. The van der Waals surface area contributed by atoms with Gasteiger partial charge in [0.15, 0.2) is 5.82 Å². The summed E-state index contributed by atoms with van der Waals surface area (Å²) in [4.78, 5) is 13.5. The number of aliphatic hydroxyl groups is 1. The standard InChI is InChI=1S/C18H18N4O/c23-16-9-3-8-15(16)21-18-13-6-1-2-7-14(13)20-17(22-18)12-5-4-10-19-11-12/h1-2,4-7,10-11,15-16,23H,3,8-9H2,(H,20,21,22)/t15-,16-/m1/s1.